The van der Waals surface area contributed by atoms with Crippen molar-refractivity contribution in [2.45, 2.75) is 25.9 Å². The Hall–Kier alpha value is -1.75. The molecule has 21 heavy (non-hydrogen) atoms. The summed E-state index contributed by atoms with van der Waals surface area (Å²) in [5.41, 5.74) is 1.16. The van der Waals surface area contributed by atoms with Gasteiger partial charge in [0.2, 0.25) is 0 Å². The summed E-state index contributed by atoms with van der Waals surface area (Å²) in [5.74, 6) is 1.67. The van der Waals surface area contributed by atoms with Crippen molar-refractivity contribution < 1.29 is 4.74 Å². The molecule has 0 aliphatic heterocycles. The predicted octanol–water partition coefficient (Wildman–Crippen LogP) is 1.70. The second-order valence-corrected chi connectivity index (χ2v) is 5.80. The summed E-state index contributed by atoms with van der Waals surface area (Å²) in [6.07, 6.45) is 0. The van der Waals surface area contributed by atoms with Crippen LogP contribution in [0.5, 0.6) is 5.75 Å². The van der Waals surface area contributed by atoms with Crippen LogP contribution in [0.3, 0.4) is 0 Å². The van der Waals surface area contributed by atoms with Crippen molar-refractivity contribution in [2.75, 3.05) is 34.8 Å². The lowest BCUT2D eigenvalue weighted by Crippen LogP contribution is -2.50. The number of methoxy groups -OCH3 is 1. The highest BCUT2D eigenvalue weighted by molar-refractivity contribution is 5.79. The third-order valence-corrected chi connectivity index (χ3v) is 3.76. The summed E-state index contributed by atoms with van der Waals surface area (Å²) in [4.78, 5) is 6.44. The summed E-state index contributed by atoms with van der Waals surface area (Å²) in [6, 6.07) is 7.98. The molecular weight excluding hydrogens is 264 g/mol. The molecule has 0 saturated carbocycles. The van der Waals surface area contributed by atoms with Gasteiger partial charge in [-0.15, -0.1) is 0 Å². The number of para-hydroxylation sites is 1. The first-order valence-corrected chi connectivity index (χ1v) is 7.14. The molecule has 118 valence electrons. The summed E-state index contributed by atoms with van der Waals surface area (Å²) in [6.45, 7) is 5.86. The number of ether oxygens (including phenoxy) is 1. The summed E-state index contributed by atoms with van der Waals surface area (Å²) in [5, 5.41) is 6.67. The molecule has 0 bridgehead atoms. The van der Waals surface area contributed by atoms with E-state index in [-0.39, 0.29) is 5.54 Å². The van der Waals surface area contributed by atoms with Crippen molar-refractivity contribution in [2.24, 2.45) is 4.99 Å². The quantitative estimate of drug-likeness (QED) is 0.619. The Morgan fingerprint density at radius 1 is 1.24 bits per heavy atom. The molecule has 1 rings (SSSR count). The Morgan fingerprint density at radius 3 is 2.48 bits per heavy atom. The molecule has 0 aliphatic rings. The zero-order valence-corrected chi connectivity index (χ0v) is 14.0. The average Bonchev–Trinajstić information content (AvgIpc) is 2.47. The van der Waals surface area contributed by atoms with Crippen LogP contribution in [0.4, 0.5) is 0 Å². The van der Waals surface area contributed by atoms with Crippen molar-refractivity contribution in [3.8, 4) is 5.75 Å². The number of likely N-dealkylation sites (N-methyl/N-ethyl adjacent to an activating group) is 1. The van der Waals surface area contributed by atoms with E-state index in [0.29, 0.717) is 6.54 Å². The van der Waals surface area contributed by atoms with E-state index in [9.17, 15) is 0 Å². The summed E-state index contributed by atoms with van der Waals surface area (Å²) in [7, 11) is 7.62. The van der Waals surface area contributed by atoms with Crippen LogP contribution in [0.2, 0.25) is 0 Å². The fourth-order valence-corrected chi connectivity index (χ4v) is 1.71. The summed E-state index contributed by atoms with van der Waals surface area (Å²) < 4.78 is 5.35. The minimum atomic E-state index is 0.0576. The van der Waals surface area contributed by atoms with Crippen molar-refractivity contribution in [1.29, 1.82) is 0 Å². The number of rotatable bonds is 6. The molecule has 1 aromatic rings. The molecule has 0 aromatic heterocycles. The van der Waals surface area contributed by atoms with Crippen LogP contribution in [0.25, 0.3) is 0 Å². The Balaban J connectivity index is 2.56. The lowest BCUT2D eigenvalue weighted by atomic mass is 10.0. The molecule has 0 radical (unpaired) electrons. The zero-order chi connectivity index (χ0) is 15.9. The van der Waals surface area contributed by atoms with Gasteiger partial charge in [0.1, 0.15) is 5.75 Å². The molecule has 2 N–H and O–H groups in total. The van der Waals surface area contributed by atoms with Crippen molar-refractivity contribution >= 4 is 5.96 Å². The molecule has 0 spiro atoms. The highest BCUT2D eigenvalue weighted by Gasteiger charge is 2.20. The monoisotopic (exact) mass is 292 g/mol. The molecule has 0 aliphatic carbocycles. The van der Waals surface area contributed by atoms with Crippen molar-refractivity contribution in [3.63, 3.8) is 0 Å². The minimum absolute atomic E-state index is 0.0576. The normalized spacial score (nSPS) is 12.4. The predicted molar refractivity (Wildman–Crippen MR) is 89.0 cm³/mol. The lowest BCUT2D eigenvalue weighted by Gasteiger charge is -2.33. The van der Waals surface area contributed by atoms with Crippen LogP contribution >= 0.6 is 0 Å². The molecule has 0 fully saturated rings. The molecule has 0 atom stereocenters. The third-order valence-electron chi connectivity index (χ3n) is 3.76. The maximum Gasteiger partial charge on any atom is 0.191 e. The van der Waals surface area contributed by atoms with Gasteiger partial charge in [-0.2, -0.15) is 0 Å². The van der Waals surface area contributed by atoms with E-state index < -0.39 is 0 Å². The molecule has 0 saturated heterocycles. The Bertz CT molecular complexity index is 469. The maximum absolute atomic E-state index is 5.35. The van der Waals surface area contributed by atoms with Crippen LogP contribution in [0, 0.1) is 0 Å². The van der Waals surface area contributed by atoms with E-state index in [1.54, 1.807) is 14.2 Å². The van der Waals surface area contributed by atoms with E-state index in [1.807, 2.05) is 24.3 Å². The fraction of sp³-hybridized carbons (Fsp3) is 0.562. The van der Waals surface area contributed by atoms with Gasteiger partial charge in [-0.1, -0.05) is 18.2 Å². The standard InChI is InChI=1S/C16H28N4O/c1-16(2,20(4)5)12-19-15(17-3)18-11-13-9-7-8-10-14(13)21-6/h7-10H,11-12H2,1-6H3,(H2,17,18,19). The highest BCUT2D eigenvalue weighted by atomic mass is 16.5. The smallest absolute Gasteiger partial charge is 0.191 e. The molecule has 0 unspecified atom stereocenters. The highest BCUT2D eigenvalue weighted by Crippen LogP contribution is 2.16. The minimum Gasteiger partial charge on any atom is -0.496 e. The third kappa shape index (κ3) is 5.27. The Morgan fingerprint density at radius 2 is 1.90 bits per heavy atom. The molecule has 5 nitrogen and oxygen atoms in total. The maximum atomic E-state index is 5.35. The van der Waals surface area contributed by atoms with Crippen LogP contribution in [0.15, 0.2) is 29.3 Å². The van der Waals surface area contributed by atoms with Gasteiger partial charge in [-0.25, -0.2) is 0 Å². The van der Waals surface area contributed by atoms with Gasteiger partial charge in [0.15, 0.2) is 5.96 Å². The van der Waals surface area contributed by atoms with Crippen LogP contribution < -0.4 is 15.4 Å². The van der Waals surface area contributed by atoms with Crippen molar-refractivity contribution in [3.05, 3.63) is 29.8 Å². The van der Waals surface area contributed by atoms with Gasteiger partial charge in [0.05, 0.1) is 7.11 Å². The molecule has 1 aromatic carbocycles. The lowest BCUT2D eigenvalue weighted by molar-refractivity contribution is 0.197. The fourth-order valence-electron chi connectivity index (χ4n) is 1.71. The second kappa shape index (κ2) is 7.88. The van der Waals surface area contributed by atoms with Gasteiger partial charge in [-0.3, -0.25) is 4.99 Å². The topological polar surface area (TPSA) is 48.9 Å². The van der Waals surface area contributed by atoms with Gasteiger partial charge in [-0.05, 0) is 34.0 Å². The first-order chi connectivity index (χ1) is 9.90. The number of hydrogen-bond donors (Lipinski definition) is 2. The number of nitrogens with one attached hydrogen (secondary N) is 2. The number of guanidine groups is 1. The van der Waals surface area contributed by atoms with Crippen molar-refractivity contribution in [1.82, 2.24) is 15.5 Å². The Labute approximate surface area is 128 Å². The molecule has 5 heteroatoms. The van der Waals surface area contributed by atoms with E-state index in [1.165, 1.54) is 0 Å². The molecule has 0 heterocycles. The number of benzene rings is 1. The van der Waals surface area contributed by atoms with Gasteiger partial charge in [0, 0.05) is 31.2 Å². The average molecular weight is 292 g/mol. The number of aliphatic imine (C=N–C) groups is 1. The van der Waals surface area contributed by atoms with E-state index in [2.05, 4.69) is 48.5 Å². The van der Waals surface area contributed by atoms with Crippen LogP contribution in [-0.4, -0.2) is 51.2 Å². The Kier molecular flexibility index (Phi) is 6.49. The summed E-state index contributed by atoms with van der Waals surface area (Å²) >= 11 is 0. The first-order valence-electron chi connectivity index (χ1n) is 7.14. The zero-order valence-electron chi connectivity index (χ0n) is 14.0. The van der Waals surface area contributed by atoms with Gasteiger partial charge >= 0.3 is 0 Å². The largest absolute Gasteiger partial charge is 0.496 e. The number of hydrogen-bond acceptors (Lipinski definition) is 3. The van der Waals surface area contributed by atoms with Gasteiger partial charge in [0.25, 0.3) is 0 Å². The van der Waals surface area contributed by atoms with Crippen LogP contribution in [0.1, 0.15) is 19.4 Å². The van der Waals surface area contributed by atoms with Crippen LogP contribution in [-0.2, 0) is 6.54 Å². The van der Waals surface area contributed by atoms with E-state index in [4.69, 9.17) is 4.74 Å². The van der Waals surface area contributed by atoms with E-state index in [0.717, 1.165) is 23.8 Å². The van der Waals surface area contributed by atoms with E-state index >= 15 is 0 Å². The molecule has 0 amide bonds. The molecular formula is C16H28N4O. The number of nitrogens with zero attached hydrogens (tertiary/aromatic N) is 2. The van der Waals surface area contributed by atoms with Gasteiger partial charge < -0.3 is 20.3 Å². The second-order valence-electron chi connectivity index (χ2n) is 5.80. The first kappa shape index (κ1) is 17.3. The SMILES string of the molecule is CN=C(NCc1ccccc1OC)NCC(C)(C)N(C)C.